The van der Waals surface area contributed by atoms with E-state index in [9.17, 15) is 0 Å². The summed E-state index contributed by atoms with van der Waals surface area (Å²) in [6, 6.07) is 8.22. The smallest absolute Gasteiger partial charge is 0.134 e. The van der Waals surface area contributed by atoms with Gasteiger partial charge in [0.05, 0.1) is 6.26 Å². The molecule has 0 saturated carbocycles. The lowest BCUT2D eigenvalue weighted by Gasteiger charge is -2.26. The van der Waals surface area contributed by atoms with E-state index < -0.39 is 0 Å². The molecular formula is C17H21NO. The van der Waals surface area contributed by atoms with Crippen LogP contribution in [-0.4, -0.2) is 24.5 Å². The maximum absolute atomic E-state index is 5.58. The Morgan fingerprint density at radius 2 is 2.00 bits per heavy atom. The number of benzene rings is 1. The van der Waals surface area contributed by atoms with E-state index in [1.165, 1.54) is 48.9 Å². The normalized spacial score (nSPS) is 18.1. The molecule has 100 valence electrons. The monoisotopic (exact) mass is 255 g/mol. The first-order chi connectivity index (χ1) is 9.33. The van der Waals surface area contributed by atoms with E-state index in [1.807, 2.05) is 18.4 Å². The van der Waals surface area contributed by atoms with Gasteiger partial charge in [0.15, 0.2) is 0 Å². The van der Waals surface area contributed by atoms with Gasteiger partial charge in [-0.15, -0.1) is 0 Å². The Kier molecular flexibility index (Phi) is 3.69. The Hall–Kier alpha value is -1.54. The maximum atomic E-state index is 5.58. The van der Waals surface area contributed by atoms with Crippen molar-refractivity contribution >= 4 is 17.0 Å². The van der Waals surface area contributed by atoms with E-state index in [-0.39, 0.29) is 0 Å². The molecule has 1 aliphatic heterocycles. The molecule has 0 radical (unpaired) electrons. The topological polar surface area (TPSA) is 16.4 Å². The second-order valence-electron chi connectivity index (χ2n) is 5.51. The highest BCUT2D eigenvalue weighted by molar-refractivity contribution is 5.87. The van der Waals surface area contributed by atoms with Crippen molar-refractivity contribution in [2.75, 3.05) is 19.6 Å². The van der Waals surface area contributed by atoms with Gasteiger partial charge in [0, 0.05) is 17.5 Å². The fraction of sp³-hybridized carbons (Fsp3) is 0.412. The molecule has 0 unspecified atom stereocenters. The summed E-state index contributed by atoms with van der Waals surface area (Å²) in [6.45, 7) is 5.80. The number of hydrogen-bond donors (Lipinski definition) is 0. The van der Waals surface area contributed by atoms with Gasteiger partial charge in [0.2, 0.25) is 0 Å². The third kappa shape index (κ3) is 2.90. The Balaban J connectivity index is 1.76. The van der Waals surface area contributed by atoms with Crippen molar-refractivity contribution in [1.82, 2.24) is 4.90 Å². The minimum atomic E-state index is 0.972. The third-order valence-electron chi connectivity index (χ3n) is 3.83. The van der Waals surface area contributed by atoms with Gasteiger partial charge in [-0.2, -0.15) is 0 Å². The first-order valence-corrected chi connectivity index (χ1v) is 7.19. The van der Waals surface area contributed by atoms with Crippen molar-refractivity contribution in [3.63, 3.8) is 0 Å². The van der Waals surface area contributed by atoms with Crippen LogP contribution in [0.3, 0.4) is 0 Å². The van der Waals surface area contributed by atoms with Crippen LogP contribution in [0.15, 0.2) is 40.5 Å². The van der Waals surface area contributed by atoms with E-state index in [2.05, 4.69) is 30.0 Å². The minimum Gasteiger partial charge on any atom is -0.464 e. The van der Waals surface area contributed by atoms with Crippen LogP contribution in [0.4, 0.5) is 0 Å². The Morgan fingerprint density at radius 1 is 1.21 bits per heavy atom. The Bertz CT molecular complexity index is 576. The van der Waals surface area contributed by atoms with Crippen LogP contribution in [0.5, 0.6) is 0 Å². The molecule has 1 fully saturated rings. The first-order valence-electron chi connectivity index (χ1n) is 7.19. The lowest BCUT2D eigenvalue weighted by Crippen LogP contribution is -2.30. The van der Waals surface area contributed by atoms with Gasteiger partial charge in [0.25, 0.3) is 0 Å². The van der Waals surface area contributed by atoms with Crippen LogP contribution in [0.2, 0.25) is 0 Å². The molecule has 0 N–H and O–H groups in total. The quantitative estimate of drug-likeness (QED) is 0.812. The predicted molar refractivity (Wildman–Crippen MR) is 80.2 cm³/mol. The molecular weight excluding hydrogens is 234 g/mol. The Morgan fingerprint density at radius 3 is 2.84 bits per heavy atom. The van der Waals surface area contributed by atoms with E-state index >= 15 is 0 Å². The largest absolute Gasteiger partial charge is 0.464 e. The van der Waals surface area contributed by atoms with E-state index in [0.717, 1.165) is 12.1 Å². The molecule has 1 aromatic carbocycles. The van der Waals surface area contributed by atoms with Gasteiger partial charge in [-0.1, -0.05) is 36.3 Å². The highest BCUT2D eigenvalue weighted by Gasteiger charge is 2.10. The zero-order valence-corrected chi connectivity index (χ0v) is 11.6. The summed E-state index contributed by atoms with van der Waals surface area (Å²) < 4.78 is 5.58. The van der Waals surface area contributed by atoms with Crippen molar-refractivity contribution in [3.8, 4) is 0 Å². The van der Waals surface area contributed by atoms with Gasteiger partial charge in [-0.3, -0.25) is 4.90 Å². The number of furan rings is 1. The fourth-order valence-corrected chi connectivity index (χ4v) is 2.89. The summed E-state index contributed by atoms with van der Waals surface area (Å²) in [6.07, 6.45) is 8.22. The molecule has 2 aromatic rings. The highest BCUT2D eigenvalue weighted by atomic mass is 16.3. The van der Waals surface area contributed by atoms with Crippen LogP contribution < -0.4 is 0 Å². The van der Waals surface area contributed by atoms with Crippen LogP contribution in [-0.2, 0) is 0 Å². The number of rotatable bonds is 3. The zero-order valence-electron chi connectivity index (χ0n) is 11.6. The number of hydrogen-bond acceptors (Lipinski definition) is 2. The zero-order chi connectivity index (χ0) is 13.1. The lowest BCUT2D eigenvalue weighted by atomic mass is 10.1. The van der Waals surface area contributed by atoms with Crippen LogP contribution in [0.1, 0.15) is 31.7 Å². The van der Waals surface area contributed by atoms with Gasteiger partial charge < -0.3 is 4.42 Å². The SMILES string of the molecule is C/C(=C\c1coc2ccccc12)CN1CCCCC1. The van der Waals surface area contributed by atoms with Crippen molar-refractivity contribution in [2.45, 2.75) is 26.2 Å². The number of nitrogens with zero attached hydrogens (tertiary/aromatic N) is 1. The molecule has 1 saturated heterocycles. The second-order valence-corrected chi connectivity index (χ2v) is 5.51. The average molecular weight is 255 g/mol. The third-order valence-corrected chi connectivity index (χ3v) is 3.83. The molecule has 2 heteroatoms. The van der Waals surface area contributed by atoms with E-state index in [4.69, 9.17) is 4.42 Å². The summed E-state index contributed by atoms with van der Waals surface area (Å²) in [7, 11) is 0. The molecule has 0 atom stereocenters. The molecule has 0 amide bonds. The molecule has 19 heavy (non-hydrogen) atoms. The van der Waals surface area contributed by atoms with Crippen LogP contribution in [0.25, 0.3) is 17.0 Å². The van der Waals surface area contributed by atoms with Gasteiger partial charge in [-0.05, 0) is 38.9 Å². The first kappa shape index (κ1) is 12.5. The molecule has 3 rings (SSSR count). The number of para-hydroxylation sites is 1. The summed E-state index contributed by atoms with van der Waals surface area (Å²) in [4.78, 5) is 2.55. The highest BCUT2D eigenvalue weighted by Crippen LogP contribution is 2.23. The minimum absolute atomic E-state index is 0.972. The number of likely N-dealkylation sites (tertiary alicyclic amines) is 1. The summed E-state index contributed by atoms with van der Waals surface area (Å²) >= 11 is 0. The lowest BCUT2D eigenvalue weighted by molar-refractivity contribution is 0.247. The second kappa shape index (κ2) is 5.62. The van der Waals surface area contributed by atoms with Gasteiger partial charge in [-0.25, -0.2) is 0 Å². The molecule has 1 aromatic heterocycles. The van der Waals surface area contributed by atoms with Gasteiger partial charge >= 0.3 is 0 Å². The maximum Gasteiger partial charge on any atom is 0.134 e. The van der Waals surface area contributed by atoms with Crippen molar-refractivity contribution in [3.05, 3.63) is 41.7 Å². The summed E-state index contributed by atoms with van der Waals surface area (Å²) in [5.41, 5.74) is 3.58. The standard InChI is InChI=1S/C17H21NO/c1-14(12-18-9-5-2-6-10-18)11-15-13-19-17-8-4-3-7-16(15)17/h3-4,7-8,11,13H,2,5-6,9-10,12H2,1H3/b14-11+. The molecule has 2 heterocycles. The van der Waals surface area contributed by atoms with Crippen molar-refractivity contribution in [2.24, 2.45) is 0 Å². The summed E-state index contributed by atoms with van der Waals surface area (Å²) in [5, 5.41) is 1.21. The molecule has 0 spiro atoms. The number of piperidine rings is 1. The molecule has 2 nitrogen and oxygen atoms in total. The van der Waals surface area contributed by atoms with Crippen LogP contribution >= 0.6 is 0 Å². The van der Waals surface area contributed by atoms with E-state index in [1.54, 1.807) is 0 Å². The molecule has 0 bridgehead atoms. The van der Waals surface area contributed by atoms with Crippen molar-refractivity contribution < 1.29 is 4.42 Å². The van der Waals surface area contributed by atoms with Gasteiger partial charge in [0.1, 0.15) is 5.58 Å². The van der Waals surface area contributed by atoms with Crippen LogP contribution in [0, 0.1) is 0 Å². The predicted octanol–water partition coefficient (Wildman–Crippen LogP) is 4.32. The fourth-order valence-electron chi connectivity index (χ4n) is 2.89. The Labute approximate surface area is 114 Å². The van der Waals surface area contributed by atoms with E-state index in [0.29, 0.717) is 0 Å². The average Bonchev–Trinajstić information content (AvgIpc) is 2.83. The number of fused-ring (bicyclic) bond motifs is 1. The molecule has 1 aliphatic rings. The summed E-state index contributed by atoms with van der Waals surface area (Å²) in [5.74, 6) is 0. The van der Waals surface area contributed by atoms with Crippen molar-refractivity contribution in [1.29, 1.82) is 0 Å². The molecule has 0 aliphatic carbocycles.